The minimum absolute atomic E-state index is 0.0785. The molecule has 142 valence electrons. The molecule has 0 amide bonds. The van der Waals surface area contributed by atoms with Gasteiger partial charge in [0, 0.05) is 24.2 Å². The molecule has 0 bridgehead atoms. The van der Waals surface area contributed by atoms with E-state index in [1.54, 1.807) is 24.5 Å². The number of nitrogens with zero attached hydrogens (tertiary/aromatic N) is 6. The fourth-order valence-corrected chi connectivity index (χ4v) is 3.20. The van der Waals surface area contributed by atoms with E-state index in [9.17, 15) is 10.2 Å². The molecule has 0 fully saturated rings. The van der Waals surface area contributed by atoms with Crippen molar-refractivity contribution in [3.8, 4) is 11.5 Å². The highest BCUT2D eigenvalue weighted by molar-refractivity contribution is 5.75. The summed E-state index contributed by atoms with van der Waals surface area (Å²) in [6, 6.07) is 3.19. The Morgan fingerprint density at radius 3 is 2.36 bits per heavy atom. The highest BCUT2D eigenvalue weighted by atomic mass is 16.3. The van der Waals surface area contributed by atoms with Gasteiger partial charge in [-0.3, -0.25) is 4.98 Å². The van der Waals surface area contributed by atoms with Crippen molar-refractivity contribution in [3.05, 3.63) is 47.9 Å². The van der Waals surface area contributed by atoms with E-state index < -0.39 is 0 Å². The fourth-order valence-electron chi connectivity index (χ4n) is 3.20. The molecule has 4 heterocycles. The molecular formula is C20H20N6O2. The fraction of sp³-hybridized carbons (Fsp3) is 0.300. The molecule has 0 radical (unpaired) electrons. The van der Waals surface area contributed by atoms with Crippen LogP contribution < -0.4 is 0 Å². The van der Waals surface area contributed by atoms with Crippen LogP contribution in [0.4, 0.5) is 0 Å². The van der Waals surface area contributed by atoms with Gasteiger partial charge in [-0.2, -0.15) is 0 Å². The lowest BCUT2D eigenvalue weighted by molar-refractivity contribution is 0.458. The van der Waals surface area contributed by atoms with Crippen molar-refractivity contribution >= 4 is 22.2 Å². The molecule has 8 nitrogen and oxygen atoms in total. The van der Waals surface area contributed by atoms with Gasteiger partial charge < -0.3 is 10.2 Å². The Labute approximate surface area is 161 Å². The van der Waals surface area contributed by atoms with Crippen molar-refractivity contribution in [1.82, 2.24) is 29.9 Å². The number of aromatic nitrogens is 6. The third-order valence-corrected chi connectivity index (χ3v) is 4.62. The standard InChI is InChI=1S/C20H20N6O2/c1-10(2)18-16(27)6-14-20(26-18)24-12(7-22-14)4-11(3)19-17(28)5-13-15(25-19)8-21-9-23-13/h5-11,27-28H,4H2,1-3H3. The first-order valence-electron chi connectivity index (χ1n) is 9.07. The number of fused-ring (bicyclic) bond motifs is 2. The first kappa shape index (κ1) is 18.0. The molecule has 1 atom stereocenters. The molecule has 8 heteroatoms. The first-order valence-corrected chi connectivity index (χ1v) is 9.07. The summed E-state index contributed by atoms with van der Waals surface area (Å²) in [5.74, 6) is 0.204. The quantitative estimate of drug-likeness (QED) is 0.557. The molecule has 0 aliphatic rings. The molecule has 4 rings (SSSR count). The molecule has 4 aromatic rings. The van der Waals surface area contributed by atoms with Crippen LogP contribution in [0.2, 0.25) is 0 Å². The van der Waals surface area contributed by atoms with E-state index in [0.717, 1.165) is 5.69 Å². The van der Waals surface area contributed by atoms with Gasteiger partial charge in [-0.05, 0) is 12.3 Å². The van der Waals surface area contributed by atoms with Crippen molar-refractivity contribution < 1.29 is 10.2 Å². The number of hydrogen-bond acceptors (Lipinski definition) is 8. The van der Waals surface area contributed by atoms with Gasteiger partial charge in [0.05, 0.1) is 28.8 Å². The van der Waals surface area contributed by atoms with Crippen LogP contribution in [0.3, 0.4) is 0 Å². The van der Waals surface area contributed by atoms with E-state index in [1.165, 1.54) is 6.33 Å². The summed E-state index contributed by atoms with van der Waals surface area (Å²) in [6.45, 7) is 5.89. The molecule has 2 N–H and O–H groups in total. The van der Waals surface area contributed by atoms with Gasteiger partial charge in [-0.25, -0.2) is 24.9 Å². The van der Waals surface area contributed by atoms with Crippen LogP contribution in [-0.2, 0) is 6.42 Å². The Bertz CT molecular complexity index is 1180. The molecule has 0 saturated carbocycles. The minimum Gasteiger partial charge on any atom is -0.506 e. The van der Waals surface area contributed by atoms with Crippen molar-refractivity contribution in [3.63, 3.8) is 0 Å². The highest BCUT2D eigenvalue weighted by Crippen LogP contribution is 2.29. The lowest BCUT2D eigenvalue weighted by Crippen LogP contribution is -2.06. The maximum Gasteiger partial charge on any atom is 0.178 e. The van der Waals surface area contributed by atoms with Crippen molar-refractivity contribution in [2.45, 2.75) is 39.0 Å². The van der Waals surface area contributed by atoms with Gasteiger partial charge in [0.2, 0.25) is 0 Å². The third kappa shape index (κ3) is 3.28. The molecule has 4 aromatic heterocycles. The molecule has 28 heavy (non-hydrogen) atoms. The average molecular weight is 376 g/mol. The topological polar surface area (TPSA) is 118 Å². The van der Waals surface area contributed by atoms with Crippen LogP contribution in [0.15, 0.2) is 30.9 Å². The monoisotopic (exact) mass is 376 g/mol. The predicted molar refractivity (Wildman–Crippen MR) is 104 cm³/mol. The van der Waals surface area contributed by atoms with E-state index in [4.69, 9.17) is 0 Å². The lowest BCUT2D eigenvalue weighted by Gasteiger charge is -2.13. The Morgan fingerprint density at radius 2 is 1.57 bits per heavy atom. The second-order valence-electron chi connectivity index (χ2n) is 7.18. The minimum atomic E-state index is -0.0990. The molecule has 1 unspecified atom stereocenters. The van der Waals surface area contributed by atoms with Gasteiger partial charge in [0.15, 0.2) is 5.65 Å². The van der Waals surface area contributed by atoms with Crippen molar-refractivity contribution in [2.75, 3.05) is 0 Å². The van der Waals surface area contributed by atoms with Crippen molar-refractivity contribution in [2.24, 2.45) is 0 Å². The summed E-state index contributed by atoms with van der Waals surface area (Å²) in [5, 5.41) is 20.4. The largest absolute Gasteiger partial charge is 0.506 e. The van der Waals surface area contributed by atoms with Gasteiger partial charge in [-0.15, -0.1) is 0 Å². The van der Waals surface area contributed by atoms with Gasteiger partial charge in [0.1, 0.15) is 28.9 Å². The van der Waals surface area contributed by atoms with E-state index in [-0.39, 0.29) is 23.3 Å². The second-order valence-corrected chi connectivity index (χ2v) is 7.18. The van der Waals surface area contributed by atoms with Gasteiger partial charge >= 0.3 is 0 Å². The number of aromatic hydroxyl groups is 2. The zero-order valence-corrected chi connectivity index (χ0v) is 15.8. The number of rotatable bonds is 4. The van der Waals surface area contributed by atoms with E-state index in [2.05, 4.69) is 29.9 Å². The Balaban J connectivity index is 1.67. The van der Waals surface area contributed by atoms with E-state index in [1.807, 2.05) is 20.8 Å². The Kier molecular flexibility index (Phi) is 4.46. The summed E-state index contributed by atoms with van der Waals surface area (Å²) < 4.78 is 0. The molecule has 0 aliphatic heterocycles. The zero-order chi connectivity index (χ0) is 19.8. The van der Waals surface area contributed by atoms with Crippen molar-refractivity contribution in [1.29, 1.82) is 0 Å². The zero-order valence-electron chi connectivity index (χ0n) is 15.8. The Hall–Kier alpha value is -3.42. The summed E-state index contributed by atoms with van der Waals surface area (Å²) in [7, 11) is 0. The van der Waals surface area contributed by atoms with Crippen LogP contribution in [0, 0.1) is 0 Å². The maximum atomic E-state index is 10.4. The molecule has 0 spiro atoms. The van der Waals surface area contributed by atoms with Crippen LogP contribution in [-0.4, -0.2) is 40.1 Å². The molecule has 0 aliphatic carbocycles. The average Bonchev–Trinajstić information content (AvgIpc) is 2.66. The van der Waals surface area contributed by atoms with E-state index in [0.29, 0.717) is 40.0 Å². The normalized spacial score (nSPS) is 12.7. The van der Waals surface area contributed by atoms with Crippen LogP contribution in [0.5, 0.6) is 11.5 Å². The van der Waals surface area contributed by atoms with Crippen LogP contribution in [0.1, 0.15) is 49.7 Å². The molecular weight excluding hydrogens is 356 g/mol. The van der Waals surface area contributed by atoms with Crippen LogP contribution >= 0.6 is 0 Å². The number of pyridine rings is 2. The summed E-state index contributed by atoms with van der Waals surface area (Å²) in [4.78, 5) is 26.0. The first-order chi connectivity index (χ1) is 13.4. The number of hydrogen-bond donors (Lipinski definition) is 2. The van der Waals surface area contributed by atoms with Gasteiger partial charge in [-0.1, -0.05) is 20.8 Å². The predicted octanol–water partition coefficient (Wildman–Crippen LogP) is 3.24. The Morgan fingerprint density at radius 1 is 0.821 bits per heavy atom. The second kappa shape index (κ2) is 6.95. The SMILES string of the molecule is CC(C)c1nc2nc(CC(C)c3nc4cncnc4cc3O)cnc2cc1O. The smallest absolute Gasteiger partial charge is 0.178 e. The maximum absolute atomic E-state index is 10.4. The lowest BCUT2D eigenvalue weighted by atomic mass is 10.00. The summed E-state index contributed by atoms with van der Waals surface area (Å²) >= 11 is 0. The van der Waals surface area contributed by atoms with E-state index >= 15 is 0 Å². The van der Waals surface area contributed by atoms with Gasteiger partial charge in [0.25, 0.3) is 0 Å². The highest BCUT2D eigenvalue weighted by Gasteiger charge is 2.17. The summed E-state index contributed by atoms with van der Waals surface area (Å²) in [5.41, 5.74) is 4.16. The third-order valence-electron chi connectivity index (χ3n) is 4.62. The molecule has 0 aromatic carbocycles. The molecule has 0 saturated heterocycles. The summed E-state index contributed by atoms with van der Waals surface area (Å²) in [6.07, 6.45) is 5.24. The van der Waals surface area contributed by atoms with Crippen LogP contribution in [0.25, 0.3) is 22.2 Å².